The standard InChI is InChI=1S/C16H20F2N4O/c1-19-16(21-10-12-5-7-22(2)11-12)20-6-8-23-13-3-4-14(17)15(18)9-13/h3-5,7,9,11H,6,8,10H2,1-2H3,(H2,19,20,21). The summed E-state index contributed by atoms with van der Waals surface area (Å²) in [7, 11) is 3.64. The van der Waals surface area contributed by atoms with Gasteiger partial charge >= 0.3 is 0 Å². The van der Waals surface area contributed by atoms with Gasteiger partial charge in [0.25, 0.3) is 0 Å². The molecule has 2 N–H and O–H groups in total. The highest BCUT2D eigenvalue weighted by Gasteiger charge is 2.03. The molecule has 124 valence electrons. The van der Waals surface area contributed by atoms with Gasteiger partial charge in [0.1, 0.15) is 12.4 Å². The second-order valence-electron chi connectivity index (χ2n) is 4.96. The number of ether oxygens (including phenoxy) is 1. The van der Waals surface area contributed by atoms with E-state index in [9.17, 15) is 8.78 Å². The minimum atomic E-state index is -0.921. The molecule has 23 heavy (non-hydrogen) atoms. The summed E-state index contributed by atoms with van der Waals surface area (Å²) in [6.45, 7) is 1.44. The molecule has 0 saturated carbocycles. The van der Waals surface area contributed by atoms with Crippen molar-refractivity contribution in [3.8, 4) is 5.75 Å². The summed E-state index contributed by atoms with van der Waals surface area (Å²) in [4.78, 5) is 4.10. The van der Waals surface area contributed by atoms with Gasteiger partial charge in [-0.05, 0) is 23.8 Å². The maximum atomic E-state index is 13.0. The van der Waals surface area contributed by atoms with Gasteiger partial charge in [0.15, 0.2) is 17.6 Å². The van der Waals surface area contributed by atoms with Crippen LogP contribution in [0.3, 0.4) is 0 Å². The van der Waals surface area contributed by atoms with Crippen LogP contribution in [-0.4, -0.2) is 30.7 Å². The average Bonchev–Trinajstić information content (AvgIpc) is 2.95. The SMILES string of the molecule is CN=C(NCCOc1ccc(F)c(F)c1)NCc1ccn(C)c1. The highest BCUT2D eigenvalue weighted by molar-refractivity contribution is 5.79. The lowest BCUT2D eigenvalue weighted by atomic mass is 10.3. The normalized spacial score (nSPS) is 11.4. The highest BCUT2D eigenvalue weighted by Crippen LogP contribution is 2.14. The van der Waals surface area contributed by atoms with Gasteiger partial charge in [-0.2, -0.15) is 0 Å². The maximum absolute atomic E-state index is 13.0. The molecular weight excluding hydrogens is 302 g/mol. The van der Waals surface area contributed by atoms with E-state index in [0.29, 0.717) is 25.7 Å². The summed E-state index contributed by atoms with van der Waals surface area (Å²) in [5.41, 5.74) is 1.15. The van der Waals surface area contributed by atoms with Crippen molar-refractivity contribution in [3.63, 3.8) is 0 Å². The third-order valence-corrected chi connectivity index (χ3v) is 3.13. The average molecular weight is 322 g/mol. The second-order valence-corrected chi connectivity index (χ2v) is 4.96. The molecule has 0 unspecified atom stereocenters. The Hall–Kier alpha value is -2.57. The summed E-state index contributed by atoms with van der Waals surface area (Å²) in [5, 5.41) is 6.26. The predicted octanol–water partition coefficient (Wildman–Crippen LogP) is 2.05. The lowest BCUT2D eigenvalue weighted by Gasteiger charge is -2.12. The molecule has 1 heterocycles. The second kappa shape index (κ2) is 8.17. The van der Waals surface area contributed by atoms with Gasteiger partial charge in [0, 0.05) is 39.1 Å². The molecule has 0 fully saturated rings. The van der Waals surface area contributed by atoms with E-state index in [1.54, 1.807) is 7.05 Å². The third kappa shape index (κ3) is 5.28. The third-order valence-electron chi connectivity index (χ3n) is 3.13. The van der Waals surface area contributed by atoms with Crippen LogP contribution < -0.4 is 15.4 Å². The first-order chi connectivity index (χ1) is 11.1. The largest absolute Gasteiger partial charge is 0.492 e. The van der Waals surface area contributed by atoms with E-state index in [0.717, 1.165) is 17.7 Å². The number of hydrogen-bond acceptors (Lipinski definition) is 2. The van der Waals surface area contributed by atoms with Crippen molar-refractivity contribution < 1.29 is 13.5 Å². The number of hydrogen-bond donors (Lipinski definition) is 2. The van der Waals surface area contributed by atoms with Crippen LogP contribution in [0.25, 0.3) is 0 Å². The number of aliphatic imine (C=N–C) groups is 1. The van der Waals surface area contributed by atoms with Gasteiger partial charge in [-0.3, -0.25) is 4.99 Å². The molecule has 5 nitrogen and oxygen atoms in total. The zero-order valence-electron chi connectivity index (χ0n) is 13.1. The Bertz CT molecular complexity index is 670. The number of nitrogens with one attached hydrogen (secondary N) is 2. The Kier molecular flexibility index (Phi) is 5.96. The number of halogens is 2. The zero-order chi connectivity index (χ0) is 16.7. The van der Waals surface area contributed by atoms with Crippen LogP contribution in [0.2, 0.25) is 0 Å². The zero-order valence-corrected chi connectivity index (χ0v) is 13.1. The molecular formula is C16H20F2N4O. The molecule has 0 saturated heterocycles. The van der Waals surface area contributed by atoms with Crippen molar-refractivity contribution in [2.75, 3.05) is 20.2 Å². The van der Waals surface area contributed by atoms with Crippen molar-refractivity contribution in [2.45, 2.75) is 6.54 Å². The number of rotatable bonds is 6. The first kappa shape index (κ1) is 16.8. The molecule has 0 aliphatic rings. The number of guanidine groups is 1. The fraction of sp³-hybridized carbons (Fsp3) is 0.312. The van der Waals surface area contributed by atoms with Crippen molar-refractivity contribution >= 4 is 5.96 Å². The summed E-state index contributed by atoms with van der Waals surface area (Å²) in [5.74, 6) is -0.877. The summed E-state index contributed by atoms with van der Waals surface area (Å²) < 4.78 is 33.2. The summed E-state index contributed by atoms with van der Waals surface area (Å²) in [6.07, 6.45) is 4.00. The Morgan fingerprint density at radius 1 is 1.22 bits per heavy atom. The maximum Gasteiger partial charge on any atom is 0.191 e. The van der Waals surface area contributed by atoms with Crippen molar-refractivity contribution in [1.29, 1.82) is 0 Å². The van der Waals surface area contributed by atoms with E-state index < -0.39 is 11.6 Å². The van der Waals surface area contributed by atoms with Gasteiger partial charge in [-0.15, -0.1) is 0 Å². The Morgan fingerprint density at radius 2 is 2.04 bits per heavy atom. The van der Waals surface area contributed by atoms with Crippen molar-refractivity contribution in [1.82, 2.24) is 15.2 Å². The smallest absolute Gasteiger partial charge is 0.191 e. The number of aryl methyl sites for hydroxylation is 1. The van der Waals surface area contributed by atoms with Gasteiger partial charge in [0.05, 0.1) is 6.54 Å². The predicted molar refractivity (Wildman–Crippen MR) is 85.5 cm³/mol. The molecule has 0 aliphatic heterocycles. The van der Waals surface area contributed by atoms with Crippen LogP contribution in [0, 0.1) is 11.6 Å². The summed E-state index contributed by atoms with van der Waals surface area (Å²) in [6, 6.07) is 5.48. The van der Waals surface area contributed by atoms with Crippen molar-refractivity contribution in [3.05, 3.63) is 53.9 Å². The van der Waals surface area contributed by atoms with E-state index >= 15 is 0 Å². The Labute approximate surface area is 134 Å². The molecule has 0 atom stereocenters. The van der Waals surface area contributed by atoms with E-state index in [1.807, 2.05) is 30.1 Å². The first-order valence-electron chi connectivity index (χ1n) is 7.21. The monoisotopic (exact) mass is 322 g/mol. The molecule has 0 aliphatic carbocycles. The van der Waals surface area contributed by atoms with Crippen LogP contribution in [0.1, 0.15) is 5.56 Å². The van der Waals surface area contributed by atoms with E-state index in [1.165, 1.54) is 6.07 Å². The fourth-order valence-corrected chi connectivity index (χ4v) is 1.98. The number of benzene rings is 1. The minimum Gasteiger partial charge on any atom is -0.492 e. The Morgan fingerprint density at radius 3 is 2.70 bits per heavy atom. The van der Waals surface area contributed by atoms with E-state index in [2.05, 4.69) is 15.6 Å². The van der Waals surface area contributed by atoms with Gasteiger partial charge < -0.3 is 19.9 Å². The molecule has 2 rings (SSSR count). The van der Waals surface area contributed by atoms with Gasteiger partial charge in [-0.1, -0.05) is 0 Å². The molecule has 0 radical (unpaired) electrons. The molecule has 1 aromatic carbocycles. The molecule has 0 spiro atoms. The van der Waals surface area contributed by atoms with Gasteiger partial charge in [-0.25, -0.2) is 8.78 Å². The van der Waals surface area contributed by atoms with Crippen molar-refractivity contribution in [2.24, 2.45) is 12.0 Å². The lowest BCUT2D eigenvalue weighted by molar-refractivity contribution is 0.318. The molecule has 0 amide bonds. The number of nitrogens with zero attached hydrogens (tertiary/aromatic N) is 2. The molecule has 7 heteroatoms. The Balaban J connectivity index is 1.70. The molecule has 1 aromatic heterocycles. The lowest BCUT2D eigenvalue weighted by Crippen LogP contribution is -2.38. The number of aromatic nitrogens is 1. The van der Waals surface area contributed by atoms with Crippen LogP contribution in [0.4, 0.5) is 8.78 Å². The first-order valence-corrected chi connectivity index (χ1v) is 7.21. The highest BCUT2D eigenvalue weighted by atomic mass is 19.2. The van der Waals surface area contributed by atoms with Crippen LogP contribution in [0.5, 0.6) is 5.75 Å². The van der Waals surface area contributed by atoms with Gasteiger partial charge in [0.2, 0.25) is 0 Å². The topological polar surface area (TPSA) is 50.6 Å². The summed E-state index contributed by atoms with van der Waals surface area (Å²) >= 11 is 0. The fourth-order valence-electron chi connectivity index (χ4n) is 1.98. The van der Waals surface area contributed by atoms with E-state index in [4.69, 9.17) is 4.74 Å². The quantitative estimate of drug-likeness (QED) is 0.486. The van der Waals surface area contributed by atoms with Crippen LogP contribution >= 0.6 is 0 Å². The minimum absolute atomic E-state index is 0.290. The van der Waals surface area contributed by atoms with Crippen LogP contribution in [0.15, 0.2) is 41.7 Å². The van der Waals surface area contributed by atoms with Crippen LogP contribution in [-0.2, 0) is 13.6 Å². The van der Waals surface area contributed by atoms with E-state index in [-0.39, 0.29) is 5.75 Å². The molecule has 2 aromatic rings. The molecule has 0 bridgehead atoms.